The van der Waals surface area contributed by atoms with Gasteiger partial charge in [0, 0.05) is 55.6 Å². The zero-order valence-corrected chi connectivity index (χ0v) is 24.6. The number of piperazine rings is 1. The maximum atomic E-state index is 14.0. The maximum Gasteiger partial charge on any atom is 0.350 e. The van der Waals surface area contributed by atoms with Crippen LogP contribution in [0.4, 0.5) is 14.5 Å². The fourth-order valence-electron chi connectivity index (χ4n) is 7.01. The molecule has 14 heteroatoms. The highest BCUT2D eigenvalue weighted by Crippen LogP contribution is 2.37. The van der Waals surface area contributed by atoms with Gasteiger partial charge in [0.25, 0.3) is 5.91 Å². The number of carbonyl (C=O) groups is 2. The van der Waals surface area contributed by atoms with Crippen LogP contribution in [-0.4, -0.2) is 83.5 Å². The number of benzene rings is 2. The van der Waals surface area contributed by atoms with E-state index in [0.29, 0.717) is 53.4 Å². The molecule has 3 saturated heterocycles. The lowest BCUT2D eigenvalue weighted by Crippen LogP contribution is -2.56. The molecule has 0 saturated carbocycles. The third kappa shape index (κ3) is 4.98. The fourth-order valence-corrected chi connectivity index (χ4v) is 7.01. The molecule has 5 aromatic rings. The minimum absolute atomic E-state index is 0.0990. The lowest BCUT2D eigenvalue weighted by atomic mass is 10.0. The largest absolute Gasteiger partial charge is 0.436 e. The van der Waals surface area contributed by atoms with Gasteiger partial charge in [0.15, 0.2) is 11.4 Å². The summed E-state index contributed by atoms with van der Waals surface area (Å²) in [5, 5.41) is 11.5. The molecule has 6 heterocycles. The number of oxazole rings is 1. The van der Waals surface area contributed by atoms with E-state index in [0.717, 1.165) is 30.5 Å². The van der Waals surface area contributed by atoms with Gasteiger partial charge in [-0.05, 0) is 60.4 Å². The highest BCUT2D eigenvalue weighted by molar-refractivity contribution is 5.97. The average Bonchev–Trinajstić information content (AvgIpc) is 3.87. The monoisotopic (exact) mass is 625 g/mol. The third-order valence-electron chi connectivity index (χ3n) is 9.07. The first-order valence-electron chi connectivity index (χ1n) is 15.3. The summed E-state index contributed by atoms with van der Waals surface area (Å²) in [6.45, 7) is -1.18. The normalized spacial score (nSPS) is 20.7. The molecule has 2 amide bonds. The third-order valence-corrected chi connectivity index (χ3v) is 9.07. The van der Waals surface area contributed by atoms with Gasteiger partial charge in [-0.25, -0.2) is 4.98 Å². The van der Waals surface area contributed by atoms with E-state index in [1.54, 1.807) is 23.2 Å². The van der Waals surface area contributed by atoms with Crippen molar-refractivity contribution in [1.29, 1.82) is 0 Å². The van der Waals surface area contributed by atoms with Crippen molar-refractivity contribution in [2.24, 2.45) is 0 Å². The lowest BCUT2D eigenvalue weighted by Gasteiger charge is -2.43. The molecular formula is C32H29F2N9O3. The Balaban J connectivity index is 1.04. The molecule has 2 bridgehead atoms. The second kappa shape index (κ2) is 11.4. The van der Waals surface area contributed by atoms with Gasteiger partial charge in [-0.3, -0.25) is 19.5 Å². The van der Waals surface area contributed by atoms with Crippen molar-refractivity contribution < 1.29 is 22.8 Å². The Labute approximate surface area is 261 Å². The Morgan fingerprint density at radius 1 is 1.00 bits per heavy atom. The number of anilines is 1. The molecule has 234 valence electrons. The van der Waals surface area contributed by atoms with Crippen molar-refractivity contribution >= 4 is 28.6 Å². The highest BCUT2D eigenvalue weighted by atomic mass is 19.3. The molecule has 2 aromatic carbocycles. The van der Waals surface area contributed by atoms with Gasteiger partial charge in [0.1, 0.15) is 11.2 Å². The van der Waals surface area contributed by atoms with Gasteiger partial charge in [-0.2, -0.15) is 8.78 Å². The molecule has 8 rings (SSSR count). The molecule has 0 aliphatic carbocycles. The summed E-state index contributed by atoms with van der Waals surface area (Å²) in [4.78, 5) is 41.4. The summed E-state index contributed by atoms with van der Waals surface area (Å²) in [7, 11) is 0. The summed E-state index contributed by atoms with van der Waals surface area (Å²) in [5.74, 6) is 0.469. The minimum atomic E-state index is -2.89. The van der Waals surface area contributed by atoms with Crippen molar-refractivity contribution in [3.8, 4) is 11.5 Å². The van der Waals surface area contributed by atoms with Crippen LogP contribution in [0.2, 0.25) is 0 Å². The Hall–Kier alpha value is -5.11. The van der Waals surface area contributed by atoms with Crippen LogP contribution in [0.5, 0.6) is 0 Å². The summed E-state index contributed by atoms with van der Waals surface area (Å²) < 4.78 is 32.7. The number of rotatable bonds is 7. The van der Waals surface area contributed by atoms with E-state index in [-0.39, 0.29) is 35.4 Å². The summed E-state index contributed by atoms with van der Waals surface area (Å²) in [5.41, 5.74) is 3.77. The molecule has 0 N–H and O–H groups in total. The first-order chi connectivity index (χ1) is 22.4. The Morgan fingerprint density at radius 3 is 2.52 bits per heavy atom. The van der Waals surface area contributed by atoms with E-state index in [9.17, 15) is 18.4 Å². The second-order valence-corrected chi connectivity index (χ2v) is 11.9. The number of halogens is 2. The SMILES string of the molecule is O=C1CCCN1c1ccc2oc(-c3ccnc(C(=O)N4C5CCC4CN(C(c4ccccc4)c4nnn(C(F)F)n4)C5)c3)nc2c1. The van der Waals surface area contributed by atoms with Gasteiger partial charge in [-0.1, -0.05) is 35.1 Å². The maximum absolute atomic E-state index is 14.0. The van der Waals surface area contributed by atoms with Gasteiger partial charge in [-0.15, -0.1) is 10.2 Å². The summed E-state index contributed by atoms with van der Waals surface area (Å²) in [6.07, 6.45) is 4.56. The second-order valence-electron chi connectivity index (χ2n) is 11.9. The first-order valence-corrected chi connectivity index (χ1v) is 15.3. The fraction of sp³-hybridized carbons (Fsp3) is 0.344. The van der Waals surface area contributed by atoms with Crippen LogP contribution >= 0.6 is 0 Å². The minimum Gasteiger partial charge on any atom is -0.436 e. The van der Waals surface area contributed by atoms with E-state index in [1.807, 2.05) is 53.4 Å². The smallest absolute Gasteiger partial charge is 0.350 e. The van der Waals surface area contributed by atoms with E-state index in [4.69, 9.17) is 4.42 Å². The molecule has 3 fully saturated rings. The van der Waals surface area contributed by atoms with Crippen LogP contribution in [0.3, 0.4) is 0 Å². The van der Waals surface area contributed by atoms with Crippen LogP contribution in [0, 0.1) is 0 Å². The molecule has 3 aromatic heterocycles. The zero-order chi connectivity index (χ0) is 31.4. The number of amides is 2. The number of pyridine rings is 1. The number of nitrogens with zero attached hydrogens (tertiary/aromatic N) is 9. The lowest BCUT2D eigenvalue weighted by molar-refractivity contribution is -0.117. The van der Waals surface area contributed by atoms with Crippen LogP contribution in [0.15, 0.2) is 71.3 Å². The number of hydrogen-bond acceptors (Lipinski definition) is 9. The standard InChI is InChI=1S/C32H29F2N9O3/c33-32(34)43-38-29(37-39-43)28(19-5-2-1-3-6-19)40-17-22-8-9-23(18-40)42(22)31(45)25-15-20(12-13-35-25)30-36-24-16-21(10-11-26(24)46-30)41-14-4-7-27(41)44/h1-3,5-6,10-13,15-16,22-23,28,32H,4,7-9,14,17-18H2. The number of tetrazole rings is 1. The first kappa shape index (κ1) is 28.4. The number of fused-ring (bicyclic) bond motifs is 3. The molecule has 3 aliphatic heterocycles. The van der Waals surface area contributed by atoms with Crippen LogP contribution in [0.25, 0.3) is 22.6 Å². The van der Waals surface area contributed by atoms with E-state index in [2.05, 4.69) is 30.3 Å². The zero-order valence-electron chi connectivity index (χ0n) is 24.6. The number of alkyl halides is 2. The van der Waals surface area contributed by atoms with Crippen molar-refractivity contribution in [2.45, 2.75) is 50.4 Å². The van der Waals surface area contributed by atoms with Crippen LogP contribution in [-0.2, 0) is 4.79 Å². The number of likely N-dealkylation sites (tertiary alicyclic amines) is 1. The molecular weight excluding hydrogens is 596 g/mol. The molecule has 0 radical (unpaired) electrons. The quantitative estimate of drug-likeness (QED) is 0.257. The van der Waals surface area contributed by atoms with Gasteiger partial charge in [0.2, 0.25) is 11.8 Å². The summed E-state index contributed by atoms with van der Waals surface area (Å²) in [6, 6.07) is 17.8. The molecule has 46 heavy (non-hydrogen) atoms. The van der Waals surface area contributed by atoms with Crippen molar-refractivity contribution in [1.82, 2.24) is 40.0 Å². The topological polar surface area (TPSA) is 126 Å². The predicted octanol–water partition coefficient (Wildman–Crippen LogP) is 4.48. The van der Waals surface area contributed by atoms with Gasteiger partial charge in [0.05, 0.1) is 6.04 Å². The molecule has 3 unspecified atom stereocenters. The van der Waals surface area contributed by atoms with Gasteiger partial charge >= 0.3 is 6.55 Å². The number of carbonyl (C=O) groups excluding carboxylic acids is 2. The molecule has 3 atom stereocenters. The average molecular weight is 626 g/mol. The number of hydrogen-bond donors (Lipinski definition) is 0. The van der Waals surface area contributed by atoms with Crippen molar-refractivity contribution in [3.63, 3.8) is 0 Å². The molecule has 3 aliphatic rings. The van der Waals surface area contributed by atoms with Crippen LogP contribution < -0.4 is 4.90 Å². The Bertz CT molecular complexity index is 1920. The van der Waals surface area contributed by atoms with Crippen LogP contribution in [0.1, 0.15) is 60.2 Å². The van der Waals surface area contributed by atoms with E-state index >= 15 is 0 Å². The molecule has 12 nitrogen and oxygen atoms in total. The summed E-state index contributed by atoms with van der Waals surface area (Å²) >= 11 is 0. The molecule has 0 spiro atoms. The highest BCUT2D eigenvalue weighted by Gasteiger charge is 2.46. The van der Waals surface area contributed by atoms with E-state index in [1.165, 1.54) is 0 Å². The Kier molecular flexibility index (Phi) is 7.00. The Morgan fingerprint density at radius 2 is 1.80 bits per heavy atom. The van der Waals surface area contributed by atoms with E-state index < -0.39 is 12.6 Å². The van der Waals surface area contributed by atoms with Crippen molar-refractivity contribution in [3.05, 3.63) is 83.9 Å². The van der Waals surface area contributed by atoms with Gasteiger partial charge < -0.3 is 14.2 Å². The number of aromatic nitrogens is 6. The predicted molar refractivity (Wildman–Crippen MR) is 161 cm³/mol. The van der Waals surface area contributed by atoms with Crippen molar-refractivity contribution in [2.75, 3.05) is 24.5 Å².